The monoisotopic (exact) mass is 425 g/mol. The molecule has 4 fully saturated rings. The number of amides is 1. The maximum atomic E-state index is 12.9. The van der Waals surface area contributed by atoms with E-state index in [2.05, 4.69) is 5.32 Å². The highest BCUT2D eigenvalue weighted by atomic mass is 16.5. The lowest BCUT2D eigenvalue weighted by Gasteiger charge is -2.55. The van der Waals surface area contributed by atoms with E-state index in [0.717, 1.165) is 19.3 Å². The number of phenolic OH excluding ortho intramolecular Hbond substituents is 1. The molecule has 31 heavy (non-hydrogen) atoms. The van der Waals surface area contributed by atoms with Crippen LogP contribution in [0.25, 0.3) is 11.0 Å². The van der Waals surface area contributed by atoms with Gasteiger partial charge in [0.15, 0.2) is 0 Å². The van der Waals surface area contributed by atoms with Crippen molar-refractivity contribution < 1.29 is 23.8 Å². The molecule has 7 heteroatoms. The molecule has 7 nitrogen and oxygen atoms in total. The number of fused-ring (bicyclic) bond motifs is 1. The molecule has 0 aliphatic heterocycles. The van der Waals surface area contributed by atoms with Crippen LogP contribution in [0.4, 0.5) is 0 Å². The number of phenols is 1. The van der Waals surface area contributed by atoms with Crippen LogP contribution in [-0.4, -0.2) is 23.5 Å². The van der Waals surface area contributed by atoms with Crippen molar-refractivity contribution in [2.75, 3.05) is 6.54 Å². The molecule has 1 aromatic heterocycles. The van der Waals surface area contributed by atoms with Crippen molar-refractivity contribution >= 4 is 22.8 Å². The molecule has 164 valence electrons. The fraction of sp³-hybridized carbons (Fsp3) is 0.542. The van der Waals surface area contributed by atoms with Gasteiger partial charge in [-0.25, -0.2) is 4.79 Å². The van der Waals surface area contributed by atoms with Gasteiger partial charge in [0, 0.05) is 35.0 Å². The van der Waals surface area contributed by atoms with Gasteiger partial charge in [-0.2, -0.15) is 0 Å². The van der Waals surface area contributed by atoms with E-state index in [0.29, 0.717) is 28.7 Å². The first-order valence-corrected chi connectivity index (χ1v) is 11.1. The quantitative estimate of drug-likeness (QED) is 0.544. The van der Waals surface area contributed by atoms with Crippen LogP contribution in [0.1, 0.15) is 50.5 Å². The minimum atomic E-state index is -0.577. The second kappa shape index (κ2) is 7.70. The fourth-order valence-corrected chi connectivity index (χ4v) is 6.42. The third-order valence-electron chi connectivity index (χ3n) is 7.34. The summed E-state index contributed by atoms with van der Waals surface area (Å²) in [5, 5.41) is 13.1. The van der Waals surface area contributed by atoms with Crippen LogP contribution < -0.4 is 10.9 Å². The van der Waals surface area contributed by atoms with Crippen LogP contribution in [0.15, 0.2) is 33.5 Å². The zero-order valence-electron chi connectivity index (χ0n) is 17.4. The van der Waals surface area contributed by atoms with Crippen LogP contribution in [0.5, 0.6) is 5.75 Å². The molecule has 0 saturated heterocycles. The predicted octanol–water partition coefficient (Wildman–Crippen LogP) is 3.26. The standard InChI is InChI=1S/C24H27NO6/c26-18-1-2-19-17(8-22(28)31-20(19)9-18)13-30-21(27)3-4-25-23(29)24-10-14-5-15(11-24)7-16(6-14)12-24/h1-2,8-9,14-16,26H,3-7,10-13H2,(H,25,29). The molecule has 4 aliphatic carbocycles. The SMILES string of the molecule is O=C(CCNC(=O)C12CC3CC(CC(C3)C1)C2)OCc1cc(=O)oc2cc(O)ccc12. The van der Waals surface area contributed by atoms with E-state index < -0.39 is 11.6 Å². The van der Waals surface area contributed by atoms with Crippen molar-refractivity contribution in [1.82, 2.24) is 5.32 Å². The summed E-state index contributed by atoms with van der Waals surface area (Å²) in [7, 11) is 0. The molecule has 0 radical (unpaired) electrons. The number of carbonyl (C=O) groups excluding carboxylic acids is 2. The van der Waals surface area contributed by atoms with Crippen molar-refractivity contribution in [3.8, 4) is 5.75 Å². The molecule has 1 amide bonds. The average molecular weight is 425 g/mol. The summed E-state index contributed by atoms with van der Waals surface area (Å²) in [6, 6.07) is 5.72. The summed E-state index contributed by atoms with van der Waals surface area (Å²) in [6.45, 7) is 0.180. The summed E-state index contributed by atoms with van der Waals surface area (Å²) in [5.74, 6) is 1.74. The lowest BCUT2D eigenvalue weighted by molar-refractivity contribution is -0.147. The number of ether oxygens (including phenoxy) is 1. The highest BCUT2D eigenvalue weighted by Gasteiger charge is 2.54. The Hall–Kier alpha value is -2.83. The van der Waals surface area contributed by atoms with Gasteiger partial charge in [-0.05, 0) is 68.4 Å². The molecule has 4 bridgehead atoms. The number of nitrogens with one attached hydrogen (secondary N) is 1. The van der Waals surface area contributed by atoms with E-state index in [-0.39, 0.29) is 42.2 Å². The summed E-state index contributed by atoms with van der Waals surface area (Å²) < 4.78 is 10.4. The first kappa shape index (κ1) is 20.1. The number of carbonyl (C=O) groups is 2. The van der Waals surface area contributed by atoms with E-state index >= 15 is 0 Å². The summed E-state index contributed by atoms with van der Waals surface area (Å²) in [6.07, 6.45) is 6.91. The van der Waals surface area contributed by atoms with Gasteiger partial charge in [0.1, 0.15) is 17.9 Å². The van der Waals surface area contributed by atoms with E-state index in [9.17, 15) is 19.5 Å². The Bertz CT molecular complexity index is 1050. The van der Waals surface area contributed by atoms with Crippen LogP contribution in [0.2, 0.25) is 0 Å². The second-order valence-corrected chi connectivity index (χ2v) is 9.64. The number of hydrogen-bond donors (Lipinski definition) is 2. The number of esters is 1. The Kier molecular flexibility index (Phi) is 4.99. The minimum absolute atomic E-state index is 0.0143. The molecule has 0 unspecified atom stereocenters. The van der Waals surface area contributed by atoms with Crippen LogP contribution >= 0.6 is 0 Å². The molecule has 0 spiro atoms. The smallest absolute Gasteiger partial charge is 0.336 e. The Morgan fingerprint density at radius 1 is 1.10 bits per heavy atom. The zero-order valence-corrected chi connectivity index (χ0v) is 17.4. The molecule has 4 aliphatic rings. The van der Waals surface area contributed by atoms with Gasteiger partial charge in [-0.1, -0.05) is 0 Å². The summed E-state index contributed by atoms with van der Waals surface area (Å²) >= 11 is 0. The van der Waals surface area contributed by atoms with E-state index in [1.54, 1.807) is 6.07 Å². The largest absolute Gasteiger partial charge is 0.508 e. The normalized spacial score (nSPS) is 28.6. The molecule has 0 atom stereocenters. The van der Waals surface area contributed by atoms with Gasteiger partial charge in [0.05, 0.1) is 6.42 Å². The van der Waals surface area contributed by atoms with Gasteiger partial charge < -0.3 is 19.6 Å². The first-order chi connectivity index (χ1) is 14.9. The van der Waals surface area contributed by atoms with Crippen molar-refractivity contribution in [3.05, 3.63) is 40.2 Å². The number of benzene rings is 1. The number of aromatic hydroxyl groups is 1. The Morgan fingerprint density at radius 2 is 1.77 bits per heavy atom. The molecule has 1 aromatic carbocycles. The van der Waals surface area contributed by atoms with Gasteiger partial charge in [0.2, 0.25) is 5.91 Å². The first-order valence-electron chi connectivity index (χ1n) is 11.1. The molecule has 1 heterocycles. The van der Waals surface area contributed by atoms with Gasteiger partial charge >= 0.3 is 11.6 Å². The van der Waals surface area contributed by atoms with E-state index in [1.807, 2.05) is 0 Å². The van der Waals surface area contributed by atoms with Crippen LogP contribution in [0, 0.1) is 23.2 Å². The molecule has 2 N–H and O–H groups in total. The fourth-order valence-electron chi connectivity index (χ4n) is 6.42. The maximum absolute atomic E-state index is 12.9. The molecular formula is C24H27NO6. The lowest BCUT2D eigenvalue weighted by atomic mass is 9.49. The van der Waals surface area contributed by atoms with Crippen molar-refractivity contribution in [1.29, 1.82) is 0 Å². The Morgan fingerprint density at radius 3 is 2.45 bits per heavy atom. The number of hydrogen-bond acceptors (Lipinski definition) is 6. The van der Waals surface area contributed by atoms with Crippen molar-refractivity contribution in [3.63, 3.8) is 0 Å². The summed E-state index contributed by atoms with van der Waals surface area (Å²) in [4.78, 5) is 36.9. The van der Waals surface area contributed by atoms with Crippen LogP contribution in [-0.2, 0) is 20.9 Å². The highest BCUT2D eigenvalue weighted by molar-refractivity contribution is 5.84. The van der Waals surface area contributed by atoms with E-state index in [1.165, 1.54) is 37.5 Å². The van der Waals surface area contributed by atoms with E-state index in [4.69, 9.17) is 9.15 Å². The molecular weight excluding hydrogens is 398 g/mol. The highest BCUT2D eigenvalue weighted by Crippen LogP contribution is 2.60. The van der Waals surface area contributed by atoms with Crippen molar-refractivity contribution in [2.24, 2.45) is 23.2 Å². The third kappa shape index (κ3) is 3.93. The maximum Gasteiger partial charge on any atom is 0.336 e. The van der Waals surface area contributed by atoms with Gasteiger partial charge in [0.25, 0.3) is 0 Å². The molecule has 6 rings (SSSR count). The minimum Gasteiger partial charge on any atom is -0.508 e. The predicted molar refractivity (Wildman–Crippen MR) is 112 cm³/mol. The Balaban J connectivity index is 1.14. The second-order valence-electron chi connectivity index (χ2n) is 9.64. The van der Waals surface area contributed by atoms with Gasteiger partial charge in [-0.3, -0.25) is 9.59 Å². The molecule has 2 aromatic rings. The topological polar surface area (TPSA) is 106 Å². The number of rotatable bonds is 6. The average Bonchev–Trinajstić information content (AvgIpc) is 2.70. The summed E-state index contributed by atoms with van der Waals surface area (Å²) in [5.41, 5.74) is -0.0492. The molecule has 4 saturated carbocycles. The Labute approximate surface area is 179 Å². The third-order valence-corrected chi connectivity index (χ3v) is 7.34. The lowest BCUT2D eigenvalue weighted by Crippen LogP contribution is -2.53. The van der Waals surface area contributed by atoms with Crippen molar-refractivity contribution in [2.45, 2.75) is 51.6 Å². The zero-order chi connectivity index (χ0) is 21.6. The van der Waals surface area contributed by atoms with Crippen LogP contribution in [0.3, 0.4) is 0 Å². The van der Waals surface area contributed by atoms with Gasteiger partial charge in [-0.15, -0.1) is 0 Å².